The van der Waals surface area contributed by atoms with E-state index in [4.69, 9.17) is 0 Å². The van der Waals surface area contributed by atoms with E-state index in [9.17, 15) is 27.9 Å². The highest BCUT2D eigenvalue weighted by molar-refractivity contribution is 6.08. The Labute approximate surface area is 159 Å². The zero-order valence-corrected chi connectivity index (χ0v) is 14.9. The lowest BCUT2D eigenvalue weighted by molar-refractivity contribution is -0.166. The number of rotatable bonds is 5. The van der Waals surface area contributed by atoms with E-state index in [0.717, 1.165) is 11.0 Å². The molecule has 0 saturated carbocycles. The van der Waals surface area contributed by atoms with Gasteiger partial charge in [-0.2, -0.15) is 0 Å². The summed E-state index contributed by atoms with van der Waals surface area (Å²) in [5.41, 5.74) is -1.88. The van der Waals surface area contributed by atoms with Gasteiger partial charge in [0.1, 0.15) is 5.82 Å². The van der Waals surface area contributed by atoms with Crippen LogP contribution in [-0.2, 0) is 22.7 Å². The molecule has 2 aromatic rings. The molecule has 1 saturated heterocycles. The largest absolute Gasteiger partial charge is 0.372 e. The van der Waals surface area contributed by atoms with Gasteiger partial charge in [0.05, 0.1) is 0 Å². The number of amides is 2. The summed E-state index contributed by atoms with van der Waals surface area (Å²) in [4.78, 5) is 26.3. The summed E-state index contributed by atoms with van der Waals surface area (Å²) in [5, 5.41) is 13.1. The van der Waals surface area contributed by atoms with Crippen LogP contribution < -0.4 is 5.32 Å². The third-order valence-electron chi connectivity index (χ3n) is 4.72. The van der Waals surface area contributed by atoms with Crippen LogP contribution in [0.4, 0.5) is 13.2 Å². The topological polar surface area (TPSA) is 69.6 Å². The number of halogens is 3. The molecule has 1 atom stereocenters. The van der Waals surface area contributed by atoms with Crippen molar-refractivity contribution in [3.05, 3.63) is 71.0 Å². The zero-order chi connectivity index (χ0) is 20.3. The van der Waals surface area contributed by atoms with Crippen LogP contribution in [-0.4, -0.2) is 34.0 Å². The lowest BCUT2D eigenvalue weighted by atomic mass is 9.90. The van der Waals surface area contributed by atoms with Gasteiger partial charge in [-0.3, -0.25) is 9.59 Å². The molecule has 1 aliphatic heterocycles. The van der Waals surface area contributed by atoms with E-state index in [-0.39, 0.29) is 31.6 Å². The van der Waals surface area contributed by atoms with Gasteiger partial charge in [0, 0.05) is 25.2 Å². The number of hydrogen-bond donors (Lipinski definition) is 2. The molecule has 0 radical (unpaired) electrons. The molecule has 1 fully saturated rings. The van der Waals surface area contributed by atoms with E-state index < -0.39 is 34.9 Å². The Bertz CT molecular complexity index is 906. The minimum atomic E-state index is -2.31. The minimum Gasteiger partial charge on any atom is -0.372 e. The predicted octanol–water partition coefficient (Wildman–Crippen LogP) is 2.27. The molecule has 0 spiro atoms. The normalized spacial score (nSPS) is 19.6. The molecule has 0 unspecified atom stereocenters. The van der Waals surface area contributed by atoms with Crippen molar-refractivity contribution in [2.24, 2.45) is 0 Å². The van der Waals surface area contributed by atoms with E-state index in [1.807, 2.05) is 0 Å². The molecule has 0 bridgehead atoms. The molecular weight excluding hydrogens is 373 g/mol. The van der Waals surface area contributed by atoms with Gasteiger partial charge < -0.3 is 15.3 Å². The van der Waals surface area contributed by atoms with Crippen molar-refractivity contribution in [2.75, 3.05) is 6.54 Å². The number of carbonyl (C=O) groups excluding carboxylic acids is 2. The van der Waals surface area contributed by atoms with E-state index in [1.54, 1.807) is 6.07 Å². The van der Waals surface area contributed by atoms with E-state index in [2.05, 4.69) is 5.32 Å². The lowest BCUT2D eigenvalue weighted by Gasteiger charge is -2.37. The van der Waals surface area contributed by atoms with Crippen LogP contribution in [0.25, 0.3) is 0 Å². The summed E-state index contributed by atoms with van der Waals surface area (Å²) < 4.78 is 40.5. The number of aliphatic hydroxyl groups is 1. The molecule has 2 N–H and O–H groups in total. The lowest BCUT2D eigenvalue weighted by Crippen LogP contribution is -2.60. The highest BCUT2D eigenvalue weighted by Crippen LogP contribution is 2.25. The molecule has 2 aromatic carbocycles. The van der Waals surface area contributed by atoms with Crippen molar-refractivity contribution in [3.8, 4) is 0 Å². The maximum absolute atomic E-state index is 13.9. The average molecular weight is 392 g/mol. The molecule has 0 aliphatic carbocycles. The van der Waals surface area contributed by atoms with Crippen molar-refractivity contribution in [1.82, 2.24) is 10.2 Å². The first kappa shape index (κ1) is 19.9. The van der Waals surface area contributed by atoms with Crippen LogP contribution in [0.3, 0.4) is 0 Å². The van der Waals surface area contributed by atoms with Crippen LogP contribution in [0.2, 0.25) is 0 Å². The van der Waals surface area contributed by atoms with Crippen LogP contribution in [0.5, 0.6) is 0 Å². The maximum atomic E-state index is 13.9. The number of hydrogen-bond acceptors (Lipinski definition) is 3. The standard InChI is InChI=1S/C20H19F3N2O3/c21-15-6-1-4-13(10-15)11-24-18(26)20(28)8-3-9-25(19(20)27)12-14-5-2-7-16(22)17(14)23/h1-2,4-7,10,28H,3,8-9,11-12H2,(H,24,26)/t20-/m0/s1. The van der Waals surface area contributed by atoms with E-state index in [0.29, 0.717) is 12.0 Å². The Balaban J connectivity index is 1.70. The number of likely N-dealkylation sites (tertiary alicyclic amines) is 1. The van der Waals surface area contributed by atoms with Crippen LogP contribution in [0.15, 0.2) is 42.5 Å². The van der Waals surface area contributed by atoms with Crippen LogP contribution in [0, 0.1) is 17.5 Å². The van der Waals surface area contributed by atoms with E-state index >= 15 is 0 Å². The summed E-state index contributed by atoms with van der Waals surface area (Å²) in [7, 11) is 0. The highest BCUT2D eigenvalue weighted by Gasteiger charge is 2.48. The van der Waals surface area contributed by atoms with Gasteiger partial charge in [-0.15, -0.1) is 0 Å². The Morgan fingerprint density at radius 3 is 2.68 bits per heavy atom. The second-order valence-corrected chi connectivity index (χ2v) is 6.72. The second kappa shape index (κ2) is 8.02. The first-order chi connectivity index (χ1) is 13.3. The molecule has 148 valence electrons. The molecule has 3 rings (SSSR count). The number of nitrogens with zero attached hydrogens (tertiary/aromatic N) is 1. The van der Waals surface area contributed by atoms with Crippen molar-refractivity contribution in [3.63, 3.8) is 0 Å². The zero-order valence-electron chi connectivity index (χ0n) is 14.9. The predicted molar refractivity (Wildman–Crippen MR) is 94.2 cm³/mol. The Kier molecular flexibility index (Phi) is 5.69. The van der Waals surface area contributed by atoms with Crippen molar-refractivity contribution in [1.29, 1.82) is 0 Å². The molecule has 1 heterocycles. The fraction of sp³-hybridized carbons (Fsp3) is 0.300. The molecule has 8 heteroatoms. The summed E-state index contributed by atoms with van der Waals surface area (Å²) in [5.74, 6) is -4.36. The Hall–Kier alpha value is -2.87. The molecule has 1 aliphatic rings. The number of benzene rings is 2. The fourth-order valence-electron chi connectivity index (χ4n) is 3.21. The molecular formula is C20H19F3N2O3. The number of nitrogens with one attached hydrogen (secondary N) is 1. The van der Waals surface area contributed by atoms with Crippen LogP contribution >= 0.6 is 0 Å². The first-order valence-corrected chi connectivity index (χ1v) is 8.78. The van der Waals surface area contributed by atoms with Crippen molar-refractivity contribution < 1.29 is 27.9 Å². The van der Waals surface area contributed by atoms with Gasteiger partial charge >= 0.3 is 0 Å². The Morgan fingerprint density at radius 1 is 1.18 bits per heavy atom. The van der Waals surface area contributed by atoms with Gasteiger partial charge in [-0.1, -0.05) is 24.3 Å². The fourth-order valence-corrected chi connectivity index (χ4v) is 3.21. The van der Waals surface area contributed by atoms with Crippen LogP contribution in [0.1, 0.15) is 24.0 Å². The number of piperidine rings is 1. The maximum Gasteiger partial charge on any atom is 0.264 e. The molecule has 2 amide bonds. The smallest absolute Gasteiger partial charge is 0.264 e. The Morgan fingerprint density at radius 2 is 1.93 bits per heavy atom. The highest BCUT2D eigenvalue weighted by atomic mass is 19.2. The SMILES string of the molecule is O=C(NCc1cccc(F)c1)[C@@]1(O)CCCN(Cc2cccc(F)c2F)C1=O. The molecule has 28 heavy (non-hydrogen) atoms. The monoisotopic (exact) mass is 392 g/mol. The van der Waals surface area contributed by atoms with E-state index in [1.165, 1.54) is 30.3 Å². The third-order valence-corrected chi connectivity index (χ3v) is 4.72. The summed E-state index contributed by atoms with van der Waals surface area (Å²) in [6.45, 7) is -0.124. The van der Waals surface area contributed by atoms with Gasteiger partial charge in [-0.05, 0) is 36.6 Å². The third kappa shape index (κ3) is 4.01. The van der Waals surface area contributed by atoms with Crippen molar-refractivity contribution in [2.45, 2.75) is 31.5 Å². The minimum absolute atomic E-state index is 0.0437. The number of carbonyl (C=O) groups is 2. The first-order valence-electron chi connectivity index (χ1n) is 8.78. The quantitative estimate of drug-likeness (QED) is 0.767. The molecule has 0 aromatic heterocycles. The van der Waals surface area contributed by atoms with Gasteiger partial charge in [0.2, 0.25) is 5.60 Å². The average Bonchev–Trinajstić information content (AvgIpc) is 2.67. The summed E-state index contributed by atoms with van der Waals surface area (Å²) >= 11 is 0. The summed E-state index contributed by atoms with van der Waals surface area (Å²) in [6, 6.07) is 9.18. The molecule has 5 nitrogen and oxygen atoms in total. The van der Waals surface area contributed by atoms with Gasteiger partial charge in [0.25, 0.3) is 11.8 Å². The summed E-state index contributed by atoms with van der Waals surface area (Å²) in [6.07, 6.45) is 0.218. The van der Waals surface area contributed by atoms with Gasteiger partial charge in [0.15, 0.2) is 11.6 Å². The van der Waals surface area contributed by atoms with Crippen molar-refractivity contribution >= 4 is 11.8 Å². The second-order valence-electron chi connectivity index (χ2n) is 6.72. The van der Waals surface area contributed by atoms with Gasteiger partial charge in [-0.25, -0.2) is 13.2 Å².